The minimum Gasteiger partial charge on any atom is -0.352 e. The van der Waals surface area contributed by atoms with Crippen molar-refractivity contribution < 1.29 is 17.6 Å². The smallest absolute Gasteiger partial charge is 0.242 e. The van der Waals surface area contributed by atoms with Crippen molar-refractivity contribution in [1.29, 1.82) is 0 Å². The summed E-state index contributed by atoms with van der Waals surface area (Å²) < 4.78 is 38.8. The van der Waals surface area contributed by atoms with Gasteiger partial charge >= 0.3 is 0 Å². The third kappa shape index (κ3) is 6.54. The summed E-state index contributed by atoms with van der Waals surface area (Å²) in [5, 5.41) is 6.19. The van der Waals surface area contributed by atoms with Crippen molar-refractivity contribution in [1.82, 2.24) is 14.9 Å². The highest BCUT2D eigenvalue weighted by Gasteiger charge is 2.21. The van der Waals surface area contributed by atoms with Crippen LogP contribution >= 0.6 is 12.4 Å². The second-order valence-corrected chi connectivity index (χ2v) is 8.04. The summed E-state index contributed by atoms with van der Waals surface area (Å²) >= 11 is 0. The molecule has 9 heteroatoms. The average molecular weight is 394 g/mol. The summed E-state index contributed by atoms with van der Waals surface area (Å²) in [5.41, 5.74) is 0. The molecule has 0 bridgehead atoms. The minimum absolute atomic E-state index is 0. The molecule has 1 aliphatic rings. The van der Waals surface area contributed by atoms with E-state index < -0.39 is 15.8 Å². The van der Waals surface area contributed by atoms with Crippen LogP contribution in [-0.2, 0) is 14.8 Å². The fraction of sp³-hybridized carbons (Fsp3) is 0.562. The highest BCUT2D eigenvalue weighted by atomic mass is 35.5. The van der Waals surface area contributed by atoms with Crippen LogP contribution < -0.4 is 10.6 Å². The van der Waals surface area contributed by atoms with E-state index in [9.17, 15) is 17.6 Å². The SMILES string of the molecule is CN(CCCC(=O)NC1CCCNC1)S(=O)(=O)c1ccc(F)cc1.Cl. The number of carbonyl (C=O) groups is 1. The number of halogens is 2. The first kappa shape index (κ1) is 21.8. The zero-order valence-electron chi connectivity index (χ0n) is 14.2. The summed E-state index contributed by atoms with van der Waals surface area (Å²) in [6.07, 6.45) is 2.73. The number of benzene rings is 1. The summed E-state index contributed by atoms with van der Waals surface area (Å²) in [7, 11) is -2.20. The van der Waals surface area contributed by atoms with Gasteiger partial charge in [-0.2, -0.15) is 0 Å². The van der Waals surface area contributed by atoms with Gasteiger partial charge in [0.05, 0.1) is 4.90 Å². The Balaban J connectivity index is 0.00000312. The third-order valence-electron chi connectivity index (χ3n) is 4.06. The standard InChI is InChI=1S/C16H24FN3O3S.ClH/c1-20(24(22,23)15-8-6-13(17)7-9-15)11-3-5-16(21)19-14-4-2-10-18-12-14;/h6-9,14,18H,2-5,10-12H2,1H3,(H,19,21);1H. The van der Waals surface area contributed by atoms with Crippen molar-refractivity contribution in [2.45, 2.75) is 36.6 Å². The molecule has 0 radical (unpaired) electrons. The molecule has 2 rings (SSSR count). The molecule has 0 spiro atoms. The Morgan fingerprint density at radius 2 is 2.04 bits per heavy atom. The van der Waals surface area contributed by atoms with Crippen molar-refractivity contribution in [3.8, 4) is 0 Å². The quantitative estimate of drug-likeness (QED) is 0.736. The molecule has 0 saturated carbocycles. The van der Waals surface area contributed by atoms with Crippen LogP contribution in [0, 0.1) is 5.82 Å². The number of hydrogen-bond donors (Lipinski definition) is 2. The Morgan fingerprint density at radius 3 is 2.64 bits per heavy atom. The summed E-state index contributed by atoms with van der Waals surface area (Å²) in [6.45, 7) is 2.00. The number of nitrogens with one attached hydrogen (secondary N) is 2. The van der Waals surface area contributed by atoms with Crippen LogP contribution in [0.3, 0.4) is 0 Å². The molecule has 2 N–H and O–H groups in total. The normalized spacial score (nSPS) is 17.8. The van der Waals surface area contributed by atoms with E-state index >= 15 is 0 Å². The Morgan fingerprint density at radius 1 is 1.36 bits per heavy atom. The van der Waals surface area contributed by atoms with Gasteiger partial charge in [0.15, 0.2) is 0 Å². The minimum atomic E-state index is -3.66. The number of carbonyl (C=O) groups excluding carboxylic acids is 1. The molecule has 1 amide bonds. The average Bonchev–Trinajstić information content (AvgIpc) is 2.56. The maximum atomic E-state index is 12.9. The second-order valence-electron chi connectivity index (χ2n) is 5.99. The van der Waals surface area contributed by atoms with Gasteiger partial charge in [0.1, 0.15) is 5.82 Å². The summed E-state index contributed by atoms with van der Waals surface area (Å²) in [4.78, 5) is 11.9. The number of piperidine rings is 1. The monoisotopic (exact) mass is 393 g/mol. The Hall–Kier alpha value is -1.22. The lowest BCUT2D eigenvalue weighted by Crippen LogP contribution is -2.45. The van der Waals surface area contributed by atoms with Crippen LogP contribution in [0.5, 0.6) is 0 Å². The largest absolute Gasteiger partial charge is 0.352 e. The van der Waals surface area contributed by atoms with Crippen molar-refractivity contribution in [3.05, 3.63) is 30.1 Å². The number of rotatable bonds is 7. The van der Waals surface area contributed by atoms with Gasteiger partial charge in [-0.1, -0.05) is 0 Å². The van der Waals surface area contributed by atoms with Crippen molar-refractivity contribution >= 4 is 28.3 Å². The van der Waals surface area contributed by atoms with Crippen LogP contribution in [0.1, 0.15) is 25.7 Å². The molecule has 1 atom stereocenters. The number of nitrogens with zero attached hydrogens (tertiary/aromatic N) is 1. The lowest BCUT2D eigenvalue weighted by Gasteiger charge is -2.24. The molecule has 6 nitrogen and oxygen atoms in total. The lowest BCUT2D eigenvalue weighted by atomic mass is 10.1. The van der Waals surface area contributed by atoms with Gasteiger partial charge in [-0.15, -0.1) is 12.4 Å². The zero-order valence-corrected chi connectivity index (χ0v) is 15.8. The molecule has 0 aromatic heterocycles. The summed E-state index contributed by atoms with van der Waals surface area (Å²) in [6, 6.07) is 4.87. The highest BCUT2D eigenvalue weighted by Crippen LogP contribution is 2.15. The fourth-order valence-corrected chi connectivity index (χ4v) is 3.85. The predicted octanol–water partition coefficient (Wildman–Crippen LogP) is 1.52. The Bertz CT molecular complexity index is 649. The van der Waals surface area contributed by atoms with Crippen LogP contribution in [0.4, 0.5) is 4.39 Å². The second kappa shape index (κ2) is 10.1. The number of sulfonamides is 1. The maximum Gasteiger partial charge on any atom is 0.242 e. The first-order valence-electron chi connectivity index (χ1n) is 8.11. The van der Waals surface area contributed by atoms with E-state index in [0.29, 0.717) is 6.42 Å². The molecule has 1 aliphatic heterocycles. The molecular formula is C16H25ClFN3O3S. The van der Waals surface area contributed by atoms with Gasteiger partial charge in [0, 0.05) is 32.6 Å². The number of amides is 1. The van der Waals surface area contributed by atoms with E-state index in [1.54, 1.807) is 0 Å². The van der Waals surface area contributed by atoms with Gasteiger partial charge in [-0.25, -0.2) is 17.1 Å². The predicted molar refractivity (Wildman–Crippen MR) is 96.7 cm³/mol. The molecule has 25 heavy (non-hydrogen) atoms. The Labute approximate surface area is 154 Å². The molecule has 1 saturated heterocycles. The van der Waals surface area contributed by atoms with E-state index in [1.807, 2.05) is 0 Å². The van der Waals surface area contributed by atoms with E-state index in [4.69, 9.17) is 0 Å². The first-order chi connectivity index (χ1) is 11.4. The van der Waals surface area contributed by atoms with Crippen LogP contribution in [-0.4, -0.2) is 51.4 Å². The van der Waals surface area contributed by atoms with Crippen LogP contribution in [0.2, 0.25) is 0 Å². The van der Waals surface area contributed by atoms with Crippen molar-refractivity contribution in [3.63, 3.8) is 0 Å². The van der Waals surface area contributed by atoms with Gasteiger partial charge in [-0.05, 0) is 50.1 Å². The first-order valence-corrected chi connectivity index (χ1v) is 9.55. The summed E-state index contributed by atoms with van der Waals surface area (Å²) in [5.74, 6) is -0.540. The molecule has 1 heterocycles. The maximum absolute atomic E-state index is 12.9. The molecule has 1 fully saturated rings. The van der Waals surface area contributed by atoms with E-state index in [2.05, 4.69) is 10.6 Å². The van der Waals surface area contributed by atoms with E-state index in [1.165, 1.54) is 23.5 Å². The molecular weight excluding hydrogens is 369 g/mol. The fourth-order valence-electron chi connectivity index (χ4n) is 2.64. The van der Waals surface area contributed by atoms with E-state index in [-0.39, 0.29) is 42.2 Å². The molecule has 1 aromatic carbocycles. The van der Waals surface area contributed by atoms with Gasteiger partial charge < -0.3 is 10.6 Å². The highest BCUT2D eigenvalue weighted by molar-refractivity contribution is 7.89. The molecule has 1 unspecified atom stereocenters. The van der Waals surface area contributed by atoms with Crippen molar-refractivity contribution in [2.24, 2.45) is 0 Å². The zero-order chi connectivity index (χ0) is 17.6. The van der Waals surface area contributed by atoms with Gasteiger partial charge in [0.25, 0.3) is 0 Å². The molecule has 1 aromatic rings. The van der Waals surface area contributed by atoms with E-state index in [0.717, 1.165) is 38.1 Å². The van der Waals surface area contributed by atoms with Crippen molar-refractivity contribution in [2.75, 3.05) is 26.7 Å². The van der Waals surface area contributed by atoms with Gasteiger partial charge in [0.2, 0.25) is 15.9 Å². The number of hydrogen-bond acceptors (Lipinski definition) is 4. The third-order valence-corrected chi connectivity index (χ3v) is 5.93. The molecule has 0 aliphatic carbocycles. The Kier molecular flexibility index (Phi) is 8.78. The van der Waals surface area contributed by atoms with Gasteiger partial charge in [-0.3, -0.25) is 4.79 Å². The lowest BCUT2D eigenvalue weighted by molar-refractivity contribution is -0.122. The topological polar surface area (TPSA) is 78.5 Å². The van der Waals surface area contributed by atoms with Crippen LogP contribution in [0.25, 0.3) is 0 Å². The molecule has 142 valence electrons. The van der Waals surface area contributed by atoms with Crippen LogP contribution in [0.15, 0.2) is 29.2 Å².